The molecule has 4 aliphatic rings. The number of carbonyl (C=O) groups is 4. The molecule has 0 unspecified atom stereocenters. The first-order chi connectivity index (χ1) is 23.2. The fourth-order valence-electron chi connectivity index (χ4n) is 8.77. The maximum Gasteiger partial charge on any atom is 0.246 e. The lowest BCUT2D eigenvalue weighted by Gasteiger charge is -2.50. The van der Waals surface area contributed by atoms with Crippen LogP contribution in [0.15, 0.2) is 102 Å². The summed E-state index contributed by atoms with van der Waals surface area (Å²) >= 11 is 7.87. The molecule has 1 N–H and O–H groups in total. The maximum atomic E-state index is 15.3. The van der Waals surface area contributed by atoms with Gasteiger partial charge in [0, 0.05) is 15.8 Å². The van der Waals surface area contributed by atoms with Gasteiger partial charge in [-0.25, -0.2) is 4.90 Å². The molecular formula is C38H31ClN2O6S. The number of allylic oxidation sites excluding steroid dienone is 2. The molecule has 0 spiro atoms. The van der Waals surface area contributed by atoms with E-state index in [1.807, 2.05) is 53.9 Å². The van der Waals surface area contributed by atoms with E-state index in [4.69, 9.17) is 16.3 Å². The molecule has 6 atom stereocenters. The van der Waals surface area contributed by atoms with Gasteiger partial charge in [0.05, 0.1) is 42.5 Å². The number of phenolic OH excluding ortho intramolecular Hbond substituents is 1. The van der Waals surface area contributed by atoms with Crippen molar-refractivity contribution < 1.29 is 29.0 Å². The SMILES string of the molecule is COc1cc([C@H]2C3=CC[C@@H]4C(=O)N(Cc5cccs5)C(=O)[C@@H]4[C@@H]3C[C@H]3C(=O)N(c4cccc(Cl)c4)C(=O)[C@@]23c2ccccc2)ccc1O. The molecule has 0 radical (unpaired) electrons. The Morgan fingerprint density at radius 2 is 1.73 bits per heavy atom. The molecule has 242 valence electrons. The highest BCUT2D eigenvalue weighted by Gasteiger charge is 2.70. The summed E-state index contributed by atoms with van der Waals surface area (Å²) in [5.74, 6) is -4.34. The minimum atomic E-state index is -1.40. The van der Waals surface area contributed by atoms with Crippen molar-refractivity contribution in [1.82, 2.24) is 4.90 Å². The van der Waals surface area contributed by atoms with E-state index < -0.39 is 40.9 Å². The third kappa shape index (κ3) is 4.33. The molecular weight excluding hydrogens is 648 g/mol. The van der Waals surface area contributed by atoms with Crippen LogP contribution in [0.3, 0.4) is 0 Å². The van der Waals surface area contributed by atoms with Crippen LogP contribution in [0.25, 0.3) is 0 Å². The van der Waals surface area contributed by atoms with Gasteiger partial charge in [-0.05, 0) is 71.7 Å². The van der Waals surface area contributed by atoms with Crippen LogP contribution in [0.2, 0.25) is 5.02 Å². The molecule has 10 heteroatoms. The van der Waals surface area contributed by atoms with E-state index in [0.717, 1.165) is 10.5 Å². The molecule has 2 aliphatic heterocycles. The van der Waals surface area contributed by atoms with Crippen molar-refractivity contribution in [3.8, 4) is 11.5 Å². The zero-order valence-electron chi connectivity index (χ0n) is 25.9. The number of methoxy groups -OCH3 is 1. The van der Waals surface area contributed by atoms with Gasteiger partial charge < -0.3 is 9.84 Å². The number of fused-ring (bicyclic) bond motifs is 4. The number of nitrogens with zero attached hydrogens (tertiary/aromatic N) is 2. The van der Waals surface area contributed by atoms with Gasteiger partial charge in [0.15, 0.2) is 11.5 Å². The third-order valence-corrected chi connectivity index (χ3v) is 11.8. The van der Waals surface area contributed by atoms with E-state index in [9.17, 15) is 19.5 Å². The molecule has 1 aromatic heterocycles. The second-order valence-electron chi connectivity index (χ2n) is 12.9. The third-order valence-electron chi connectivity index (χ3n) is 10.7. The number of amides is 4. The predicted octanol–water partition coefficient (Wildman–Crippen LogP) is 6.48. The fraction of sp³-hybridized carbons (Fsp3) is 0.263. The summed E-state index contributed by atoms with van der Waals surface area (Å²) in [5.41, 5.74) is 1.14. The van der Waals surface area contributed by atoms with Crippen LogP contribution >= 0.6 is 22.9 Å². The van der Waals surface area contributed by atoms with Crippen LogP contribution < -0.4 is 9.64 Å². The number of rotatable bonds is 6. The molecule has 4 aromatic rings. The standard InChI is InChI=1S/C38H31ClN2O6S/c1-47-31-17-21(12-15-30(31)42)33-26-13-14-27-32(36(45)40(34(27)43)20-25-11-6-16-48-25)28(26)19-29-35(44)41(24-10-5-9-23(39)18-24)37(46)38(29,33)22-7-3-2-4-8-22/h2-13,15-18,27-29,32-33,42H,14,19-20H2,1H3/t27-,28+,29-,32-,33-,38+/m0/s1. The van der Waals surface area contributed by atoms with E-state index in [-0.39, 0.29) is 42.2 Å². The topological polar surface area (TPSA) is 104 Å². The van der Waals surface area contributed by atoms with E-state index in [1.165, 1.54) is 34.3 Å². The second-order valence-corrected chi connectivity index (χ2v) is 14.3. The molecule has 3 heterocycles. The van der Waals surface area contributed by atoms with Gasteiger partial charge >= 0.3 is 0 Å². The number of imide groups is 2. The number of halogens is 1. The lowest BCUT2D eigenvalue weighted by Crippen LogP contribution is -2.53. The zero-order chi connectivity index (χ0) is 33.3. The van der Waals surface area contributed by atoms with Crippen molar-refractivity contribution >= 4 is 52.3 Å². The van der Waals surface area contributed by atoms with Gasteiger partial charge in [-0.2, -0.15) is 0 Å². The van der Waals surface area contributed by atoms with Crippen LogP contribution in [-0.2, 0) is 31.1 Å². The number of ether oxygens (including phenoxy) is 1. The van der Waals surface area contributed by atoms with E-state index >= 15 is 4.79 Å². The van der Waals surface area contributed by atoms with Gasteiger partial charge in [-0.15, -0.1) is 11.3 Å². The summed E-state index contributed by atoms with van der Waals surface area (Å²) in [6, 6.07) is 24.8. The van der Waals surface area contributed by atoms with Crippen LogP contribution in [0.4, 0.5) is 5.69 Å². The Morgan fingerprint density at radius 1 is 0.917 bits per heavy atom. The Hall–Kier alpha value is -4.73. The first-order valence-corrected chi connectivity index (χ1v) is 17.1. The van der Waals surface area contributed by atoms with Crippen molar-refractivity contribution in [1.29, 1.82) is 0 Å². The van der Waals surface area contributed by atoms with Gasteiger partial charge in [0.2, 0.25) is 23.6 Å². The van der Waals surface area contributed by atoms with Crippen LogP contribution in [0.5, 0.6) is 11.5 Å². The lowest BCUT2D eigenvalue weighted by molar-refractivity contribution is -0.141. The number of thiophene rings is 1. The van der Waals surface area contributed by atoms with Crippen molar-refractivity contribution in [2.75, 3.05) is 12.0 Å². The van der Waals surface area contributed by atoms with Gasteiger partial charge in [-0.1, -0.05) is 71.8 Å². The molecule has 1 saturated carbocycles. The number of aromatic hydroxyl groups is 1. The number of hydrogen-bond acceptors (Lipinski definition) is 7. The minimum Gasteiger partial charge on any atom is -0.504 e. The number of benzene rings is 3. The van der Waals surface area contributed by atoms with Crippen LogP contribution in [-0.4, -0.2) is 40.7 Å². The van der Waals surface area contributed by atoms with E-state index in [2.05, 4.69) is 0 Å². The summed E-state index contributed by atoms with van der Waals surface area (Å²) in [4.78, 5) is 61.7. The maximum absolute atomic E-state index is 15.3. The minimum absolute atomic E-state index is 0.0632. The molecule has 8 nitrogen and oxygen atoms in total. The normalized spacial score (nSPS) is 27.9. The van der Waals surface area contributed by atoms with Crippen molar-refractivity contribution in [3.05, 3.63) is 123 Å². The number of anilines is 1. The summed E-state index contributed by atoms with van der Waals surface area (Å²) in [5, 5.41) is 12.9. The number of carbonyl (C=O) groups excluding carboxylic acids is 4. The Labute approximate surface area is 286 Å². The molecule has 8 rings (SSSR count). The van der Waals surface area contributed by atoms with Gasteiger partial charge in [-0.3, -0.25) is 24.1 Å². The lowest BCUT2D eigenvalue weighted by atomic mass is 9.49. The summed E-state index contributed by atoms with van der Waals surface area (Å²) in [6.45, 7) is 0.209. The quantitative estimate of drug-likeness (QED) is 0.185. The van der Waals surface area contributed by atoms with E-state index in [0.29, 0.717) is 28.3 Å². The smallest absolute Gasteiger partial charge is 0.246 e. The number of likely N-dealkylation sites (tertiary alicyclic amines) is 1. The number of phenols is 1. The first-order valence-electron chi connectivity index (χ1n) is 15.9. The molecule has 48 heavy (non-hydrogen) atoms. The average Bonchev–Trinajstić information content (AvgIpc) is 3.76. The van der Waals surface area contributed by atoms with Crippen molar-refractivity contribution in [2.45, 2.75) is 30.7 Å². The van der Waals surface area contributed by atoms with Crippen molar-refractivity contribution in [3.63, 3.8) is 0 Å². The molecule has 4 amide bonds. The predicted molar refractivity (Wildman–Crippen MR) is 181 cm³/mol. The fourth-order valence-corrected chi connectivity index (χ4v) is 9.65. The second kappa shape index (κ2) is 11.5. The summed E-state index contributed by atoms with van der Waals surface area (Å²) in [7, 11) is 1.46. The number of hydrogen-bond donors (Lipinski definition) is 1. The highest BCUT2D eigenvalue weighted by atomic mass is 35.5. The van der Waals surface area contributed by atoms with Gasteiger partial charge in [0.25, 0.3) is 0 Å². The summed E-state index contributed by atoms with van der Waals surface area (Å²) < 4.78 is 5.53. The molecule has 2 saturated heterocycles. The Bertz CT molecular complexity index is 2010. The highest BCUT2D eigenvalue weighted by molar-refractivity contribution is 7.09. The van der Waals surface area contributed by atoms with Crippen LogP contribution in [0.1, 0.15) is 34.8 Å². The Balaban J connectivity index is 1.35. The Morgan fingerprint density at radius 3 is 2.46 bits per heavy atom. The monoisotopic (exact) mass is 678 g/mol. The molecule has 2 aliphatic carbocycles. The highest BCUT2D eigenvalue weighted by Crippen LogP contribution is 2.64. The average molecular weight is 679 g/mol. The largest absolute Gasteiger partial charge is 0.504 e. The molecule has 0 bridgehead atoms. The molecule has 3 aromatic carbocycles. The Kier molecular flexibility index (Phi) is 7.30. The molecule has 3 fully saturated rings. The van der Waals surface area contributed by atoms with Gasteiger partial charge in [0.1, 0.15) is 0 Å². The van der Waals surface area contributed by atoms with E-state index in [1.54, 1.807) is 36.4 Å². The summed E-state index contributed by atoms with van der Waals surface area (Å²) in [6.07, 6.45) is 2.57. The van der Waals surface area contributed by atoms with Crippen molar-refractivity contribution in [2.24, 2.45) is 23.7 Å². The zero-order valence-corrected chi connectivity index (χ0v) is 27.5. The first kappa shape index (κ1) is 30.6. The van der Waals surface area contributed by atoms with Crippen LogP contribution in [0, 0.1) is 23.7 Å².